The SMILES string of the molecule is CC(C)CNCCC1(Oc2ccccc2Br)CCC1. The molecule has 0 saturated heterocycles. The van der Waals surface area contributed by atoms with Crippen LogP contribution >= 0.6 is 15.9 Å². The van der Waals surface area contributed by atoms with Crippen LogP contribution in [0.5, 0.6) is 5.75 Å². The maximum absolute atomic E-state index is 6.29. The van der Waals surface area contributed by atoms with E-state index in [0.29, 0.717) is 5.92 Å². The van der Waals surface area contributed by atoms with E-state index in [0.717, 1.165) is 29.7 Å². The van der Waals surface area contributed by atoms with Crippen LogP contribution in [-0.4, -0.2) is 18.7 Å². The van der Waals surface area contributed by atoms with E-state index < -0.39 is 0 Å². The van der Waals surface area contributed by atoms with E-state index in [1.54, 1.807) is 0 Å². The lowest BCUT2D eigenvalue weighted by Gasteiger charge is -2.42. The fourth-order valence-corrected chi connectivity index (χ4v) is 2.81. The van der Waals surface area contributed by atoms with Crippen LogP contribution in [0.25, 0.3) is 0 Å². The van der Waals surface area contributed by atoms with Crippen LogP contribution in [0.4, 0.5) is 0 Å². The topological polar surface area (TPSA) is 21.3 Å². The highest BCUT2D eigenvalue weighted by atomic mass is 79.9. The van der Waals surface area contributed by atoms with Crippen molar-refractivity contribution in [2.75, 3.05) is 13.1 Å². The van der Waals surface area contributed by atoms with E-state index in [2.05, 4.69) is 35.1 Å². The maximum atomic E-state index is 6.29. The zero-order valence-electron chi connectivity index (χ0n) is 11.9. The fourth-order valence-electron chi connectivity index (χ4n) is 2.44. The number of hydrogen-bond acceptors (Lipinski definition) is 2. The molecule has 0 atom stereocenters. The molecule has 1 saturated carbocycles. The molecule has 0 radical (unpaired) electrons. The molecule has 1 aliphatic rings. The number of ether oxygens (including phenoxy) is 1. The number of benzene rings is 1. The molecule has 1 aliphatic carbocycles. The predicted molar refractivity (Wildman–Crippen MR) is 83.7 cm³/mol. The van der Waals surface area contributed by atoms with E-state index in [9.17, 15) is 0 Å². The van der Waals surface area contributed by atoms with Gasteiger partial charge in [-0.3, -0.25) is 0 Å². The van der Waals surface area contributed by atoms with Crippen LogP contribution < -0.4 is 10.1 Å². The van der Waals surface area contributed by atoms with E-state index in [1.807, 2.05) is 24.3 Å². The van der Waals surface area contributed by atoms with Crippen LogP contribution in [0.1, 0.15) is 39.5 Å². The number of halogens is 1. The first kappa shape index (κ1) is 14.9. The molecule has 1 aromatic carbocycles. The highest BCUT2D eigenvalue weighted by molar-refractivity contribution is 9.10. The van der Waals surface area contributed by atoms with Crippen LogP contribution in [0.3, 0.4) is 0 Å². The molecule has 19 heavy (non-hydrogen) atoms. The lowest BCUT2D eigenvalue weighted by molar-refractivity contribution is -0.0149. The van der Waals surface area contributed by atoms with Gasteiger partial charge in [0.2, 0.25) is 0 Å². The summed E-state index contributed by atoms with van der Waals surface area (Å²) in [4.78, 5) is 0. The third kappa shape index (κ3) is 4.22. The average molecular weight is 326 g/mol. The van der Waals surface area contributed by atoms with Crippen molar-refractivity contribution < 1.29 is 4.74 Å². The van der Waals surface area contributed by atoms with Gasteiger partial charge in [-0.2, -0.15) is 0 Å². The predicted octanol–water partition coefficient (Wildman–Crippen LogP) is 4.39. The average Bonchev–Trinajstić information content (AvgIpc) is 2.33. The minimum Gasteiger partial charge on any atom is -0.486 e. The van der Waals surface area contributed by atoms with Crippen LogP contribution in [0.2, 0.25) is 0 Å². The zero-order valence-corrected chi connectivity index (χ0v) is 13.5. The number of rotatable bonds is 7. The minimum atomic E-state index is 0.0633. The molecule has 1 fully saturated rings. The number of para-hydroxylation sites is 1. The second-order valence-corrected chi connectivity index (χ2v) is 6.77. The highest BCUT2D eigenvalue weighted by Crippen LogP contribution is 2.41. The van der Waals surface area contributed by atoms with Crippen molar-refractivity contribution in [2.24, 2.45) is 5.92 Å². The monoisotopic (exact) mass is 325 g/mol. The van der Waals surface area contributed by atoms with Gasteiger partial charge in [-0.1, -0.05) is 26.0 Å². The van der Waals surface area contributed by atoms with Gasteiger partial charge in [-0.05, 0) is 72.8 Å². The van der Waals surface area contributed by atoms with Gasteiger partial charge in [0.15, 0.2) is 0 Å². The van der Waals surface area contributed by atoms with Crippen LogP contribution in [0, 0.1) is 5.92 Å². The standard InChI is InChI=1S/C16H24BrNO/c1-13(2)12-18-11-10-16(8-5-9-16)19-15-7-4-3-6-14(15)17/h3-4,6-7,13,18H,5,8-12H2,1-2H3. The molecule has 0 unspecified atom stereocenters. The Hall–Kier alpha value is -0.540. The Morgan fingerprint density at radius 3 is 2.63 bits per heavy atom. The zero-order chi connectivity index (χ0) is 13.7. The van der Waals surface area contributed by atoms with Gasteiger partial charge in [-0.25, -0.2) is 0 Å². The van der Waals surface area contributed by atoms with Crippen molar-refractivity contribution in [3.05, 3.63) is 28.7 Å². The molecule has 1 aromatic rings. The Morgan fingerprint density at radius 1 is 1.32 bits per heavy atom. The molecule has 0 spiro atoms. The largest absolute Gasteiger partial charge is 0.486 e. The molecule has 1 N–H and O–H groups in total. The Kier molecular flexibility index (Phi) is 5.28. The van der Waals surface area contributed by atoms with Crippen molar-refractivity contribution in [3.63, 3.8) is 0 Å². The minimum absolute atomic E-state index is 0.0633. The van der Waals surface area contributed by atoms with Crippen LogP contribution in [-0.2, 0) is 0 Å². The molecule has 0 bridgehead atoms. The van der Waals surface area contributed by atoms with Gasteiger partial charge in [0.05, 0.1) is 4.47 Å². The molecule has 2 rings (SSSR count). The summed E-state index contributed by atoms with van der Waals surface area (Å²) in [5.74, 6) is 1.69. The maximum Gasteiger partial charge on any atom is 0.134 e. The van der Waals surface area contributed by atoms with E-state index >= 15 is 0 Å². The number of hydrogen-bond donors (Lipinski definition) is 1. The van der Waals surface area contributed by atoms with Gasteiger partial charge >= 0.3 is 0 Å². The summed E-state index contributed by atoms with van der Waals surface area (Å²) < 4.78 is 7.34. The second kappa shape index (κ2) is 6.76. The smallest absolute Gasteiger partial charge is 0.134 e. The highest BCUT2D eigenvalue weighted by Gasteiger charge is 2.39. The molecule has 0 heterocycles. The third-order valence-corrected chi connectivity index (χ3v) is 4.39. The van der Waals surface area contributed by atoms with Gasteiger partial charge in [0, 0.05) is 0 Å². The molecule has 3 heteroatoms. The first-order valence-corrected chi connectivity index (χ1v) is 8.05. The first-order chi connectivity index (χ1) is 9.11. The first-order valence-electron chi connectivity index (χ1n) is 7.26. The molecular weight excluding hydrogens is 302 g/mol. The summed E-state index contributed by atoms with van der Waals surface area (Å²) in [6.07, 6.45) is 4.74. The Morgan fingerprint density at radius 2 is 2.05 bits per heavy atom. The Balaban J connectivity index is 1.86. The van der Waals surface area contributed by atoms with E-state index in [-0.39, 0.29) is 5.60 Å². The summed E-state index contributed by atoms with van der Waals surface area (Å²) in [5.41, 5.74) is 0.0633. The quantitative estimate of drug-likeness (QED) is 0.751. The van der Waals surface area contributed by atoms with Gasteiger partial charge in [-0.15, -0.1) is 0 Å². The van der Waals surface area contributed by atoms with Crippen molar-refractivity contribution in [1.29, 1.82) is 0 Å². The van der Waals surface area contributed by atoms with Gasteiger partial charge < -0.3 is 10.1 Å². The fraction of sp³-hybridized carbons (Fsp3) is 0.625. The van der Waals surface area contributed by atoms with Crippen LogP contribution in [0.15, 0.2) is 28.7 Å². The molecule has 2 nitrogen and oxygen atoms in total. The van der Waals surface area contributed by atoms with Crippen molar-refractivity contribution in [1.82, 2.24) is 5.32 Å². The van der Waals surface area contributed by atoms with Crippen molar-refractivity contribution in [3.8, 4) is 5.75 Å². The Labute approximate surface area is 125 Å². The lowest BCUT2D eigenvalue weighted by atomic mass is 9.77. The summed E-state index contributed by atoms with van der Waals surface area (Å²) in [7, 11) is 0. The summed E-state index contributed by atoms with van der Waals surface area (Å²) in [6, 6.07) is 8.14. The van der Waals surface area contributed by atoms with Gasteiger partial charge in [0.1, 0.15) is 11.4 Å². The van der Waals surface area contributed by atoms with E-state index in [1.165, 1.54) is 19.3 Å². The second-order valence-electron chi connectivity index (χ2n) is 5.92. The molecular formula is C16H24BrNO. The Bertz CT molecular complexity index is 401. The van der Waals surface area contributed by atoms with Gasteiger partial charge in [0.25, 0.3) is 0 Å². The summed E-state index contributed by atoms with van der Waals surface area (Å²) in [6.45, 7) is 6.61. The molecule has 0 amide bonds. The van der Waals surface area contributed by atoms with Crippen molar-refractivity contribution >= 4 is 15.9 Å². The van der Waals surface area contributed by atoms with E-state index in [4.69, 9.17) is 4.74 Å². The lowest BCUT2D eigenvalue weighted by Crippen LogP contribution is -2.45. The molecule has 0 aliphatic heterocycles. The normalized spacial score (nSPS) is 17.3. The third-order valence-electron chi connectivity index (χ3n) is 3.74. The summed E-state index contributed by atoms with van der Waals surface area (Å²) in [5, 5.41) is 3.52. The summed E-state index contributed by atoms with van der Waals surface area (Å²) >= 11 is 3.56. The number of nitrogens with one attached hydrogen (secondary N) is 1. The molecule has 106 valence electrons. The van der Waals surface area contributed by atoms with Crippen molar-refractivity contribution in [2.45, 2.75) is 45.1 Å². The molecule has 0 aromatic heterocycles.